The van der Waals surface area contributed by atoms with E-state index in [2.05, 4.69) is 4.74 Å². The van der Waals surface area contributed by atoms with Gasteiger partial charge in [-0.25, -0.2) is 9.18 Å². The number of esters is 1. The monoisotopic (exact) mass is 214 g/mol. The number of hydrogen-bond donors (Lipinski definition) is 0. The van der Waals surface area contributed by atoms with Crippen LogP contribution in [-0.4, -0.2) is 13.1 Å². The molecular formula is C10H8ClFO2. The van der Waals surface area contributed by atoms with Crippen molar-refractivity contribution < 1.29 is 13.9 Å². The lowest BCUT2D eigenvalue weighted by Gasteiger charge is -1.95. The Bertz CT molecular complexity index is 354. The fraction of sp³-hybridized carbons (Fsp3) is 0.100. The van der Waals surface area contributed by atoms with Gasteiger partial charge in [-0.15, -0.1) is 0 Å². The average Bonchev–Trinajstić information content (AvgIpc) is 2.12. The van der Waals surface area contributed by atoms with Gasteiger partial charge in [0.25, 0.3) is 0 Å². The van der Waals surface area contributed by atoms with Crippen LogP contribution in [0.15, 0.2) is 24.3 Å². The smallest absolute Gasteiger partial charge is 0.330 e. The third-order valence-electron chi connectivity index (χ3n) is 1.50. The molecule has 4 heteroatoms. The lowest BCUT2D eigenvalue weighted by atomic mass is 10.2. The summed E-state index contributed by atoms with van der Waals surface area (Å²) >= 11 is 5.61. The number of carbonyl (C=O) groups excluding carboxylic acids is 1. The second kappa shape index (κ2) is 4.77. The molecule has 0 radical (unpaired) electrons. The van der Waals surface area contributed by atoms with Crippen molar-refractivity contribution in [2.75, 3.05) is 7.11 Å². The summed E-state index contributed by atoms with van der Waals surface area (Å²) in [7, 11) is 1.27. The van der Waals surface area contributed by atoms with E-state index in [1.54, 1.807) is 6.07 Å². The standard InChI is InChI=1S/C10H8ClFO2/c1-14-10(13)3-2-7-4-8(11)6-9(12)5-7/h2-6H,1H3. The maximum atomic E-state index is 12.8. The highest BCUT2D eigenvalue weighted by Gasteiger charge is 1.97. The van der Waals surface area contributed by atoms with E-state index < -0.39 is 11.8 Å². The minimum atomic E-state index is -0.495. The van der Waals surface area contributed by atoms with Crippen LogP contribution < -0.4 is 0 Å². The van der Waals surface area contributed by atoms with Gasteiger partial charge in [-0.3, -0.25) is 0 Å². The van der Waals surface area contributed by atoms with Gasteiger partial charge in [0.1, 0.15) is 5.82 Å². The SMILES string of the molecule is COC(=O)C=Cc1cc(F)cc(Cl)c1. The van der Waals surface area contributed by atoms with Crippen LogP contribution in [0.3, 0.4) is 0 Å². The van der Waals surface area contributed by atoms with Gasteiger partial charge < -0.3 is 4.74 Å². The molecule has 0 saturated heterocycles. The zero-order valence-electron chi connectivity index (χ0n) is 7.46. The van der Waals surface area contributed by atoms with Crippen LogP contribution in [0.5, 0.6) is 0 Å². The maximum absolute atomic E-state index is 12.8. The van der Waals surface area contributed by atoms with Crippen LogP contribution in [-0.2, 0) is 9.53 Å². The van der Waals surface area contributed by atoms with Crippen LogP contribution in [0.4, 0.5) is 4.39 Å². The average molecular weight is 215 g/mol. The van der Waals surface area contributed by atoms with Crippen LogP contribution in [0.2, 0.25) is 5.02 Å². The largest absolute Gasteiger partial charge is 0.466 e. The number of carbonyl (C=O) groups is 1. The molecule has 0 bridgehead atoms. The number of benzene rings is 1. The Labute approximate surface area is 85.9 Å². The summed E-state index contributed by atoms with van der Waals surface area (Å²) in [6, 6.07) is 4.01. The van der Waals surface area contributed by atoms with Gasteiger partial charge in [0.15, 0.2) is 0 Å². The second-order valence-corrected chi connectivity index (χ2v) is 3.00. The molecule has 2 nitrogen and oxygen atoms in total. The molecule has 0 N–H and O–H groups in total. The normalized spacial score (nSPS) is 10.5. The van der Waals surface area contributed by atoms with E-state index in [9.17, 15) is 9.18 Å². The quantitative estimate of drug-likeness (QED) is 0.559. The highest BCUT2D eigenvalue weighted by molar-refractivity contribution is 6.30. The van der Waals surface area contributed by atoms with Gasteiger partial charge in [-0.05, 0) is 29.8 Å². The Morgan fingerprint density at radius 3 is 2.79 bits per heavy atom. The van der Waals surface area contributed by atoms with Crippen molar-refractivity contribution in [3.63, 3.8) is 0 Å². The molecule has 0 aromatic heterocycles. The molecule has 0 heterocycles. The van der Waals surface area contributed by atoms with Crippen molar-refractivity contribution in [3.8, 4) is 0 Å². The first kappa shape index (κ1) is 10.7. The number of rotatable bonds is 2. The molecule has 74 valence electrons. The molecule has 14 heavy (non-hydrogen) atoms. The Kier molecular flexibility index (Phi) is 3.65. The Balaban J connectivity index is 2.86. The molecule has 0 aliphatic heterocycles. The summed E-state index contributed by atoms with van der Waals surface area (Å²) in [6.07, 6.45) is 2.63. The molecule has 0 atom stereocenters. The molecule has 0 saturated carbocycles. The zero-order valence-corrected chi connectivity index (χ0v) is 8.22. The fourth-order valence-electron chi connectivity index (χ4n) is 0.904. The Morgan fingerprint density at radius 1 is 1.50 bits per heavy atom. The number of halogens is 2. The van der Waals surface area contributed by atoms with Gasteiger partial charge in [-0.1, -0.05) is 11.6 Å². The summed E-state index contributed by atoms with van der Waals surface area (Å²) < 4.78 is 17.2. The Morgan fingerprint density at radius 2 is 2.21 bits per heavy atom. The summed E-state index contributed by atoms with van der Waals surface area (Å²) in [5, 5.41) is 0.287. The lowest BCUT2D eigenvalue weighted by molar-refractivity contribution is -0.134. The van der Waals surface area contributed by atoms with Crippen molar-refractivity contribution in [2.45, 2.75) is 0 Å². The van der Waals surface area contributed by atoms with Crippen LogP contribution >= 0.6 is 11.6 Å². The maximum Gasteiger partial charge on any atom is 0.330 e. The van der Waals surface area contributed by atoms with E-state index in [0.717, 1.165) is 0 Å². The van der Waals surface area contributed by atoms with Crippen molar-refractivity contribution in [2.24, 2.45) is 0 Å². The molecule has 0 aliphatic carbocycles. The van der Waals surface area contributed by atoms with E-state index in [-0.39, 0.29) is 5.02 Å². The number of methoxy groups -OCH3 is 1. The Hall–Kier alpha value is -1.35. The van der Waals surface area contributed by atoms with Gasteiger partial charge in [0, 0.05) is 11.1 Å². The zero-order chi connectivity index (χ0) is 10.6. The van der Waals surface area contributed by atoms with E-state index in [4.69, 9.17) is 11.6 Å². The molecule has 0 spiro atoms. The van der Waals surface area contributed by atoms with E-state index in [1.165, 1.54) is 31.4 Å². The molecule has 1 rings (SSSR count). The molecule has 0 amide bonds. The molecule has 0 aliphatic rings. The summed E-state index contributed by atoms with van der Waals surface area (Å²) in [5.41, 5.74) is 0.514. The van der Waals surface area contributed by atoms with Crippen LogP contribution in [0.1, 0.15) is 5.56 Å². The molecule has 0 fully saturated rings. The number of hydrogen-bond acceptors (Lipinski definition) is 2. The van der Waals surface area contributed by atoms with Crippen molar-refractivity contribution in [1.82, 2.24) is 0 Å². The molecule has 0 unspecified atom stereocenters. The van der Waals surface area contributed by atoms with Gasteiger partial charge in [0.05, 0.1) is 7.11 Å². The van der Waals surface area contributed by atoms with Crippen LogP contribution in [0.25, 0.3) is 6.08 Å². The highest BCUT2D eigenvalue weighted by Crippen LogP contribution is 2.15. The highest BCUT2D eigenvalue weighted by atomic mass is 35.5. The van der Waals surface area contributed by atoms with Crippen molar-refractivity contribution in [3.05, 3.63) is 40.7 Å². The topological polar surface area (TPSA) is 26.3 Å². The van der Waals surface area contributed by atoms with E-state index in [1.807, 2.05) is 0 Å². The van der Waals surface area contributed by atoms with Gasteiger partial charge >= 0.3 is 5.97 Å². The van der Waals surface area contributed by atoms with Gasteiger partial charge in [0.2, 0.25) is 0 Å². The summed E-state index contributed by atoms with van der Waals surface area (Å²) in [4.78, 5) is 10.7. The van der Waals surface area contributed by atoms with Crippen LogP contribution in [0, 0.1) is 5.82 Å². The fourth-order valence-corrected chi connectivity index (χ4v) is 1.13. The molecule has 1 aromatic rings. The molecule has 1 aromatic carbocycles. The van der Waals surface area contributed by atoms with E-state index >= 15 is 0 Å². The minimum absolute atomic E-state index is 0.287. The second-order valence-electron chi connectivity index (χ2n) is 2.56. The lowest BCUT2D eigenvalue weighted by Crippen LogP contribution is -1.93. The molecular weight excluding hydrogens is 207 g/mol. The number of ether oxygens (including phenoxy) is 1. The first-order valence-electron chi connectivity index (χ1n) is 3.84. The predicted octanol–water partition coefficient (Wildman–Crippen LogP) is 2.67. The van der Waals surface area contributed by atoms with Crippen molar-refractivity contribution in [1.29, 1.82) is 0 Å². The summed E-state index contributed by atoms with van der Waals surface area (Å²) in [6.45, 7) is 0. The predicted molar refractivity (Wildman–Crippen MR) is 52.5 cm³/mol. The third kappa shape index (κ3) is 3.18. The van der Waals surface area contributed by atoms with E-state index in [0.29, 0.717) is 5.56 Å². The minimum Gasteiger partial charge on any atom is -0.466 e. The summed E-state index contributed by atoms with van der Waals surface area (Å²) in [5.74, 6) is -0.938. The third-order valence-corrected chi connectivity index (χ3v) is 1.72. The first-order chi connectivity index (χ1) is 6.61. The van der Waals surface area contributed by atoms with Gasteiger partial charge in [-0.2, -0.15) is 0 Å². The first-order valence-corrected chi connectivity index (χ1v) is 4.22. The van der Waals surface area contributed by atoms with Crippen molar-refractivity contribution >= 4 is 23.6 Å².